The lowest BCUT2D eigenvalue weighted by atomic mass is 9.83. The number of benzene rings is 2. The molecule has 2 amide bonds. The number of carboxylic acids is 1. The molecule has 3 N–H and O–H groups in total. The Morgan fingerprint density at radius 3 is 2.27 bits per heavy atom. The van der Waals surface area contributed by atoms with Crippen molar-refractivity contribution in [2.75, 3.05) is 6.61 Å². The quantitative estimate of drug-likeness (QED) is 0.590. The monoisotopic (exact) mass is 450 g/mol. The largest absolute Gasteiger partial charge is 0.480 e. The van der Waals surface area contributed by atoms with Crippen LogP contribution in [0, 0.1) is 5.41 Å². The second-order valence-electron chi connectivity index (χ2n) is 9.10. The molecule has 2 aliphatic rings. The maximum atomic E-state index is 12.9. The van der Waals surface area contributed by atoms with Crippen LogP contribution in [-0.2, 0) is 14.3 Å². The van der Waals surface area contributed by atoms with Crippen LogP contribution in [0.25, 0.3) is 11.1 Å². The van der Waals surface area contributed by atoms with Gasteiger partial charge in [0.05, 0.1) is 5.41 Å². The third kappa shape index (κ3) is 4.32. The van der Waals surface area contributed by atoms with Gasteiger partial charge in [-0.3, -0.25) is 4.79 Å². The number of aliphatic carboxylic acids is 1. The molecule has 0 bridgehead atoms. The fraction of sp³-hybridized carbons (Fsp3) is 0.423. The molecule has 0 spiro atoms. The van der Waals surface area contributed by atoms with E-state index in [2.05, 4.69) is 34.9 Å². The molecular formula is C26H30N2O5. The third-order valence-electron chi connectivity index (χ3n) is 7.12. The van der Waals surface area contributed by atoms with Gasteiger partial charge in [-0.1, -0.05) is 61.9 Å². The molecule has 1 saturated carbocycles. The Kier molecular flexibility index (Phi) is 6.40. The van der Waals surface area contributed by atoms with E-state index >= 15 is 0 Å². The molecular weight excluding hydrogens is 420 g/mol. The van der Waals surface area contributed by atoms with Crippen molar-refractivity contribution in [1.82, 2.24) is 10.6 Å². The highest BCUT2D eigenvalue weighted by molar-refractivity contribution is 5.88. The number of fused-ring (bicyclic) bond motifs is 3. The van der Waals surface area contributed by atoms with Crippen LogP contribution in [0.3, 0.4) is 0 Å². The molecule has 4 rings (SSSR count). The number of carbonyl (C=O) groups is 3. The summed E-state index contributed by atoms with van der Waals surface area (Å²) in [5, 5.41) is 14.8. The van der Waals surface area contributed by atoms with Crippen molar-refractivity contribution < 1.29 is 24.2 Å². The molecule has 174 valence electrons. The van der Waals surface area contributed by atoms with Crippen molar-refractivity contribution in [1.29, 1.82) is 0 Å². The molecule has 0 aromatic heterocycles. The summed E-state index contributed by atoms with van der Waals surface area (Å²) in [7, 11) is 0. The number of ether oxygens (including phenoxy) is 1. The summed E-state index contributed by atoms with van der Waals surface area (Å²) in [6.45, 7) is 3.69. The number of carboxylic acid groups (broad SMARTS) is 1. The van der Waals surface area contributed by atoms with Crippen LogP contribution in [0.2, 0.25) is 0 Å². The van der Waals surface area contributed by atoms with Crippen LogP contribution in [0.15, 0.2) is 48.5 Å². The summed E-state index contributed by atoms with van der Waals surface area (Å²) < 4.78 is 5.64. The maximum absolute atomic E-state index is 12.9. The highest BCUT2D eigenvalue weighted by Gasteiger charge is 2.46. The number of alkyl carbamates (subject to hydrolysis) is 1. The highest BCUT2D eigenvalue weighted by atomic mass is 16.5. The van der Waals surface area contributed by atoms with E-state index in [0.29, 0.717) is 19.3 Å². The van der Waals surface area contributed by atoms with Crippen LogP contribution in [-0.4, -0.2) is 41.8 Å². The van der Waals surface area contributed by atoms with Gasteiger partial charge < -0.3 is 20.5 Å². The molecule has 0 heterocycles. The van der Waals surface area contributed by atoms with Crippen molar-refractivity contribution in [3.8, 4) is 11.1 Å². The highest BCUT2D eigenvalue weighted by Crippen LogP contribution is 2.44. The molecule has 33 heavy (non-hydrogen) atoms. The minimum atomic E-state index is -1.06. The minimum absolute atomic E-state index is 0.0395. The van der Waals surface area contributed by atoms with E-state index in [-0.39, 0.29) is 18.4 Å². The fourth-order valence-corrected chi connectivity index (χ4v) is 5.11. The molecule has 0 radical (unpaired) electrons. The zero-order chi connectivity index (χ0) is 23.6. The Hall–Kier alpha value is -3.35. The lowest BCUT2D eigenvalue weighted by Crippen LogP contribution is -2.54. The minimum Gasteiger partial charge on any atom is -0.480 e. The summed E-state index contributed by atoms with van der Waals surface area (Å²) in [6, 6.07) is 14.9. The average Bonchev–Trinajstić information content (AvgIpc) is 3.34. The molecule has 7 nitrogen and oxygen atoms in total. The molecule has 2 unspecified atom stereocenters. The van der Waals surface area contributed by atoms with Gasteiger partial charge in [0.2, 0.25) is 5.91 Å². The van der Waals surface area contributed by atoms with E-state index in [0.717, 1.165) is 28.7 Å². The first-order valence-corrected chi connectivity index (χ1v) is 11.5. The Bertz CT molecular complexity index is 1020. The molecule has 3 atom stereocenters. The van der Waals surface area contributed by atoms with Gasteiger partial charge in [-0.25, -0.2) is 9.59 Å². The fourth-order valence-electron chi connectivity index (χ4n) is 5.11. The van der Waals surface area contributed by atoms with Gasteiger partial charge in [0.1, 0.15) is 12.6 Å². The van der Waals surface area contributed by atoms with Crippen LogP contribution in [0.1, 0.15) is 56.6 Å². The second kappa shape index (κ2) is 9.25. The number of hydrogen-bond acceptors (Lipinski definition) is 4. The number of carbonyl (C=O) groups excluding carboxylic acids is 2. The number of rotatable bonds is 7. The van der Waals surface area contributed by atoms with Gasteiger partial charge in [-0.05, 0) is 48.4 Å². The molecule has 2 aliphatic carbocycles. The lowest BCUT2D eigenvalue weighted by molar-refractivity contribution is -0.144. The number of amides is 2. The summed E-state index contributed by atoms with van der Waals surface area (Å²) in [6.07, 6.45) is 1.71. The van der Waals surface area contributed by atoms with Crippen molar-refractivity contribution >= 4 is 18.0 Å². The first kappa shape index (κ1) is 22.8. The van der Waals surface area contributed by atoms with Crippen LogP contribution >= 0.6 is 0 Å². The van der Waals surface area contributed by atoms with Crippen LogP contribution < -0.4 is 10.6 Å². The smallest absolute Gasteiger partial charge is 0.407 e. The van der Waals surface area contributed by atoms with Crippen molar-refractivity contribution in [3.63, 3.8) is 0 Å². The molecule has 1 fully saturated rings. The van der Waals surface area contributed by atoms with Gasteiger partial charge in [-0.15, -0.1) is 0 Å². The Labute approximate surface area is 193 Å². The van der Waals surface area contributed by atoms with Gasteiger partial charge in [-0.2, -0.15) is 0 Å². The Morgan fingerprint density at radius 1 is 1.09 bits per heavy atom. The number of nitrogens with one attached hydrogen (secondary N) is 2. The average molecular weight is 451 g/mol. The summed E-state index contributed by atoms with van der Waals surface area (Å²) >= 11 is 0. The van der Waals surface area contributed by atoms with Gasteiger partial charge >= 0.3 is 12.1 Å². The normalized spacial score (nSPS) is 22.2. The predicted molar refractivity (Wildman–Crippen MR) is 124 cm³/mol. The number of hydrogen-bond donors (Lipinski definition) is 3. The molecule has 2 aromatic carbocycles. The van der Waals surface area contributed by atoms with Gasteiger partial charge in [0.25, 0.3) is 0 Å². The second-order valence-corrected chi connectivity index (χ2v) is 9.10. The van der Waals surface area contributed by atoms with Gasteiger partial charge in [0, 0.05) is 12.0 Å². The lowest BCUT2D eigenvalue weighted by Gasteiger charge is -2.31. The molecule has 0 aliphatic heterocycles. The van der Waals surface area contributed by atoms with Gasteiger partial charge in [0.15, 0.2) is 0 Å². The van der Waals surface area contributed by atoms with E-state index in [1.165, 1.54) is 0 Å². The Morgan fingerprint density at radius 2 is 1.70 bits per heavy atom. The zero-order valence-electron chi connectivity index (χ0n) is 19.0. The Balaban J connectivity index is 1.41. The van der Waals surface area contributed by atoms with E-state index < -0.39 is 29.6 Å². The summed E-state index contributed by atoms with van der Waals surface area (Å²) in [4.78, 5) is 37.0. The SMILES string of the molecule is CC[C@@H](NC(=O)C1(C)CCCC1NC(=O)OCC1c2ccccc2-c2ccccc21)C(=O)O. The van der Waals surface area contributed by atoms with Crippen LogP contribution in [0.4, 0.5) is 4.79 Å². The van der Waals surface area contributed by atoms with Crippen molar-refractivity contribution in [2.24, 2.45) is 5.41 Å². The van der Waals surface area contributed by atoms with E-state index in [1.54, 1.807) is 13.8 Å². The topological polar surface area (TPSA) is 105 Å². The van der Waals surface area contributed by atoms with Crippen molar-refractivity contribution in [3.05, 3.63) is 59.7 Å². The summed E-state index contributed by atoms with van der Waals surface area (Å²) in [5.74, 6) is -1.45. The first-order chi connectivity index (χ1) is 15.8. The maximum Gasteiger partial charge on any atom is 0.407 e. The molecule has 7 heteroatoms. The van der Waals surface area contributed by atoms with Crippen molar-refractivity contribution in [2.45, 2.75) is 57.5 Å². The molecule has 0 saturated heterocycles. The first-order valence-electron chi connectivity index (χ1n) is 11.5. The predicted octanol–water partition coefficient (Wildman–Crippen LogP) is 4.06. The van der Waals surface area contributed by atoms with E-state index in [4.69, 9.17) is 4.74 Å². The van der Waals surface area contributed by atoms with E-state index in [1.807, 2.05) is 24.3 Å². The van der Waals surface area contributed by atoms with E-state index in [9.17, 15) is 19.5 Å². The van der Waals surface area contributed by atoms with Crippen LogP contribution in [0.5, 0.6) is 0 Å². The summed E-state index contributed by atoms with van der Waals surface area (Å²) in [5.41, 5.74) is 3.71. The third-order valence-corrected chi connectivity index (χ3v) is 7.12. The zero-order valence-corrected chi connectivity index (χ0v) is 19.0. The standard InChI is InChI=1S/C26H30N2O5/c1-3-21(23(29)30)27-24(31)26(2)14-8-13-22(26)28-25(32)33-15-20-18-11-6-4-9-16(18)17-10-5-7-12-19(17)20/h4-7,9-12,20-22H,3,8,13-15H2,1-2H3,(H,27,31)(H,28,32)(H,29,30)/t21-,22?,26?/m1/s1. The molecule has 2 aromatic rings.